The average Bonchev–Trinajstić information content (AvgIpc) is 2.78. The number of likely N-dealkylation sites (N-methyl/N-ethyl adjacent to an activating group) is 1. The van der Waals surface area contributed by atoms with Crippen molar-refractivity contribution in [2.24, 2.45) is 23.3 Å². The molecule has 198 valence electrons. The summed E-state index contributed by atoms with van der Waals surface area (Å²) < 4.78 is 15.5. The lowest BCUT2D eigenvalue weighted by Crippen LogP contribution is -2.63. The summed E-state index contributed by atoms with van der Waals surface area (Å²) in [6.07, 6.45) is -0.340. The number of halogens is 1. The maximum absolute atomic E-state index is 15.5. The molecule has 0 spiro atoms. The molecule has 0 saturated heterocycles. The second-order valence-corrected chi connectivity index (χ2v) is 9.76. The van der Waals surface area contributed by atoms with Gasteiger partial charge in [-0.1, -0.05) is 0 Å². The van der Waals surface area contributed by atoms with Gasteiger partial charge in [-0.15, -0.1) is 0 Å². The first kappa shape index (κ1) is 26.3. The lowest BCUT2D eigenvalue weighted by molar-refractivity contribution is -0.148. The van der Waals surface area contributed by atoms with Crippen molar-refractivity contribution in [3.05, 3.63) is 51.2 Å². The van der Waals surface area contributed by atoms with Crippen LogP contribution in [-0.2, 0) is 27.3 Å². The van der Waals surface area contributed by atoms with E-state index in [1.54, 1.807) is 0 Å². The minimum atomic E-state index is -2.77. The smallest absolute Gasteiger partial charge is 0.255 e. The number of carbonyl (C=O) groups is 4. The van der Waals surface area contributed by atoms with Gasteiger partial charge in [0.05, 0.1) is 18.2 Å². The van der Waals surface area contributed by atoms with Gasteiger partial charge in [0.25, 0.3) is 5.91 Å². The van der Waals surface area contributed by atoms with Crippen LogP contribution in [0.15, 0.2) is 28.7 Å². The fraction of sp³-hybridized carbons (Fsp3) is 0.417. The van der Waals surface area contributed by atoms with E-state index in [0.717, 1.165) is 6.07 Å². The first-order valence-electron chi connectivity index (χ1n) is 11.4. The van der Waals surface area contributed by atoms with Crippen molar-refractivity contribution in [3.8, 4) is 5.75 Å². The number of carbonyl (C=O) groups excluding carboxylic acids is 4. The summed E-state index contributed by atoms with van der Waals surface area (Å²) in [5.74, 6) is -9.56. The summed E-state index contributed by atoms with van der Waals surface area (Å²) in [7, 11) is 3.02. The van der Waals surface area contributed by atoms with E-state index in [4.69, 9.17) is 11.5 Å². The van der Waals surface area contributed by atoms with Crippen molar-refractivity contribution in [1.29, 1.82) is 0 Å². The van der Waals surface area contributed by atoms with Gasteiger partial charge in [-0.2, -0.15) is 0 Å². The van der Waals surface area contributed by atoms with Crippen LogP contribution in [0.4, 0.5) is 4.39 Å². The molecule has 4 atom stereocenters. The standard InChI is InChI=1S/C24H27FN4O8/c1-29(2)18-11-4-8-3-10-15(12(30)5-9(17(10)25)6-28-7-13(26)31)19(32)14(8)21(34)24(11,37)22(35)16(20(18)33)23(27)36/h5,8,11,18,28,30,33-34,37H,3-4,6-7H2,1-2H3,(H2,26,31)(H2,27,36)/t8-,11-,18-,24-/m0/s1. The first-order chi connectivity index (χ1) is 17.2. The molecule has 0 fully saturated rings. The van der Waals surface area contributed by atoms with Crippen molar-refractivity contribution < 1.29 is 44.0 Å². The second kappa shape index (κ2) is 8.94. The number of hydrogen-bond acceptors (Lipinski definition) is 10. The van der Waals surface area contributed by atoms with Crippen LogP contribution < -0.4 is 16.8 Å². The normalized spacial score (nSPS) is 27.2. The molecular formula is C24H27FN4O8. The number of hydrogen-bond donors (Lipinski definition) is 7. The number of allylic oxidation sites excluding steroid dienone is 1. The fourth-order valence-electron chi connectivity index (χ4n) is 5.80. The molecule has 12 nitrogen and oxygen atoms in total. The molecule has 0 heterocycles. The summed E-state index contributed by atoms with van der Waals surface area (Å²) in [6.45, 7) is -0.416. The third kappa shape index (κ3) is 3.77. The van der Waals surface area contributed by atoms with Gasteiger partial charge < -0.3 is 37.2 Å². The Morgan fingerprint density at radius 3 is 2.43 bits per heavy atom. The molecule has 3 aliphatic rings. The van der Waals surface area contributed by atoms with Crippen LogP contribution in [0.1, 0.15) is 27.9 Å². The number of rotatable bonds is 6. The largest absolute Gasteiger partial charge is 0.510 e. The van der Waals surface area contributed by atoms with Crippen molar-refractivity contribution >= 4 is 23.4 Å². The van der Waals surface area contributed by atoms with Crippen LogP contribution in [0.5, 0.6) is 5.75 Å². The third-order valence-electron chi connectivity index (χ3n) is 7.35. The van der Waals surface area contributed by atoms with Gasteiger partial charge in [0.1, 0.15) is 28.7 Å². The highest BCUT2D eigenvalue weighted by atomic mass is 19.1. The Bertz CT molecular complexity index is 1320. The van der Waals surface area contributed by atoms with E-state index >= 15 is 4.39 Å². The number of amides is 2. The molecule has 3 aliphatic carbocycles. The number of nitrogens with one attached hydrogen (secondary N) is 1. The molecule has 9 N–H and O–H groups in total. The number of phenols is 1. The Balaban J connectivity index is 1.86. The zero-order chi connectivity index (χ0) is 27.6. The molecule has 0 bridgehead atoms. The van der Waals surface area contributed by atoms with E-state index < -0.39 is 86.7 Å². The van der Waals surface area contributed by atoms with Gasteiger partial charge in [0, 0.05) is 29.2 Å². The summed E-state index contributed by atoms with van der Waals surface area (Å²) in [5.41, 5.74) is 5.71. The number of fused-ring (bicyclic) bond motifs is 3. The number of Topliss-reactive ketones (excluding diaryl/α,β-unsaturated/α-hetero) is 2. The van der Waals surface area contributed by atoms with Crippen LogP contribution >= 0.6 is 0 Å². The fourth-order valence-corrected chi connectivity index (χ4v) is 5.80. The Morgan fingerprint density at radius 2 is 1.86 bits per heavy atom. The van der Waals surface area contributed by atoms with Crippen LogP contribution in [0.2, 0.25) is 0 Å². The maximum atomic E-state index is 15.5. The zero-order valence-corrected chi connectivity index (χ0v) is 20.0. The minimum absolute atomic E-state index is 0.0278. The molecule has 37 heavy (non-hydrogen) atoms. The highest BCUT2D eigenvalue weighted by Crippen LogP contribution is 2.52. The SMILES string of the molecule is CN(C)[C@@H]1C(O)=C(C(N)=O)C(=O)[C@@]2(O)C(O)=C3C(=O)c4c(O)cc(CNCC(N)=O)c(F)c4C[C@H]3C[C@@H]12. The highest BCUT2D eigenvalue weighted by Gasteiger charge is 2.63. The van der Waals surface area contributed by atoms with E-state index in [1.165, 1.54) is 19.0 Å². The summed E-state index contributed by atoms with van der Waals surface area (Å²) >= 11 is 0. The predicted molar refractivity (Wildman–Crippen MR) is 125 cm³/mol. The molecule has 0 aromatic heterocycles. The Labute approximate surface area is 210 Å². The lowest BCUT2D eigenvalue weighted by atomic mass is 9.58. The number of phenolic OH excluding ortho intramolecular Hbond substituents is 1. The molecule has 1 aromatic carbocycles. The number of ketones is 2. The topological polar surface area (TPSA) is 217 Å². The first-order valence-corrected chi connectivity index (χ1v) is 11.4. The quantitative estimate of drug-likeness (QED) is 0.224. The number of aliphatic hydroxyl groups excluding tert-OH is 2. The van der Waals surface area contributed by atoms with Crippen molar-refractivity contribution in [2.45, 2.75) is 31.0 Å². The van der Waals surface area contributed by atoms with Crippen molar-refractivity contribution in [1.82, 2.24) is 10.2 Å². The number of aromatic hydroxyl groups is 1. The molecule has 0 unspecified atom stereocenters. The van der Waals surface area contributed by atoms with Crippen LogP contribution in [-0.4, -0.2) is 81.0 Å². The van der Waals surface area contributed by atoms with Crippen molar-refractivity contribution in [2.75, 3.05) is 20.6 Å². The molecular weight excluding hydrogens is 491 g/mol. The van der Waals surface area contributed by atoms with Crippen LogP contribution in [0.3, 0.4) is 0 Å². The van der Waals surface area contributed by atoms with Gasteiger partial charge in [-0.05, 0) is 38.9 Å². The van der Waals surface area contributed by atoms with Crippen LogP contribution in [0.25, 0.3) is 0 Å². The molecule has 4 rings (SSSR count). The van der Waals surface area contributed by atoms with Gasteiger partial charge >= 0.3 is 0 Å². The molecule has 0 saturated carbocycles. The molecule has 0 aliphatic heterocycles. The van der Waals surface area contributed by atoms with E-state index in [9.17, 15) is 39.6 Å². The summed E-state index contributed by atoms with van der Waals surface area (Å²) in [4.78, 5) is 51.1. The summed E-state index contributed by atoms with van der Waals surface area (Å²) in [6, 6.07) is -0.147. The molecule has 1 aromatic rings. The third-order valence-corrected chi connectivity index (χ3v) is 7.35. The van der Waals surface area contributed by atoms with Crippen LogP contribution in [0, 0.1) is 17.7 Å². The van der Waals surface area contributed by atoms with Gasteiger partial charge in [0.2, 0.25) is 11.7 Å². The van der Waals surface area contributed by atoms with E-state index in [2.05, 4.69) is 5.32 Å². The Hall–Kier alpha value is -3.81. The summed E-state index contributed by atoms with van der Waals surface area (Å²) in [5, 5.41) is 46.6. The predicted octanol–water partition coefficient (Wildman–Crippen LogP) is -1.17. The zero-order valence-electron chi connectivity index (χ0n) is 20.0. The van der Waals surface area contributed by atoms with Gasteiger partial charge in [-0.3, -0.25) is 24.1 Å². The monoisotopic (exact) mass is 518 g/mol. The second-order valence-electron chi connectivity index (χ2n) is 9.76. The van der Waals surface area contributed by atoms with Gasteiger partial charge in [0.15, 0.2) is 11.4 Å². The van der Waals surface area contributed by atoms with E-state index in [0.29, 0.717) is 0 Å². The van der Waals surface area contributed by atoms with E-state index in [1.807, 2.05) is 0 Å². The highest BCUT2D eigenvalue weighted by molar-refractivity contribution is 6.24. The number of nitrogens with zero attached hydrogens (tertiary/aromatic N) is 1. The lowest BCUT2D eigenvalue weighted by Gasteiger charge is -2.50. The number of benzene rings is 1. The van der Waals surface area contributed by atoms with Crippen molar-refractivity contribution in [3.63, 3.8) is 0 Å². The molecule has 0 radical (unpaired) electrons. The Kier molecular flexibility index (Phi) is 6.34. The maximum Gasteiger partial charge on any atom is 0.255 e. The molecule has 2 amide bonds. The Morgan fingerprint density at radius 1 is 1.22 bits per heavy atom. The van der Waals surface area contributed by atoms with Gasteiger partial charge in [-0.25, -0.2) is 4.39 Å². The average molecular weight is 518 g/mol. The number of aliphatic hydroxyl groups is 3. The number of nitrogens with two attached hydrogens (primary N) is 2. The minimum Gasteiger partial charge on any atom is -0.510 e. The number of primary amides is 2. The molecule has 13 heteroatoms. The van der Waals surface area contributed by atoms with E-state index in [-0.39, 0.29) is 37.1 Å².